The molecular formula is C13H19F3N4O. The summed E-state index contributed by atoms with van der Waals surface area (Å²) in [4.78, 5) is 6.05. The van der Waals surface area contributed by atoms with Crippen molar-refractivity contribution in [2.45, 2.75) is 12.8 Å². The molecule has 0 saturated carbocycles. The molecule has 3 N–H and O–H groups in total. The predicted octanol–water partition coefficient (Wildman–Crippen LogP) is 2.26. The number of nitrogens with two attached hydrogens (primary N) is 1. The largest absolute Gasteiger partial charge is 0.573 e. The van der Waals surface area contributed by atoms with E-state index in [4.69, 9.17) is 5.73 Å². The van der Waals surface area contributed by atoms with Gasteiger partial charge in [0.1, 0.15) is 0 Å². The number of alkyl halides is 3. The smallest absolute Gasteiger partial charge is 0.404 e. The number of anilines is 1. The summed E-state index contributed by atoms with van der Waals surface area (Å²) in [6, 6.07) is 5.65. The minimum atomic E-state index is -4.75. The second-order valence-corrected chi connectivity index (χ2v) is 4.59. The summed E-state index contributed by atoms with van der Waals surface area (Å²) in [6.07, 6.45) is -3.95. The fourth-order valence-electron chi connectivity index (χ4n) is 1.55. The summed E-state index contributed by atoms with van der Waals surface area (Å²) in [5.41, 5.74) is 5.76. The van der Waals surface area contributed by atoms with Crippen LogP contribution in [0.2, 0.25) is 0 Å². The van der Waals surface area contributed by atoms with Crippen molar-refractivity contribution in [3.05, 3.63) is 24.3 Å². The Morgan fingerprint density at radius 2 is 2.00 bits per heavy atom. The number of guanidine groups is 1. The van der Waals surface area contributed by atoms with E-state index in [1.807, 2.05) is 19.0 Å². The van der Waals surface area contributed by atoms with Crippen LogP contribution in [0, 0.1) is 0 Å². The number of nitrogens with one attached hydrogen (secondary N) is 1. The SMILES string of the molecule is CN(C)CCCN=C(N)Nc1ccccc1OC(F)(F)F. The second kappa shape index (κ2) is 7.72. The Balaban J connectivity index is 2.63. The van der Waals surface area contributed by atoms with Gasteiger partial charge in [-0.2, -0.15) is 0 Å². The van der Waals surface area contributed by atoms with Crippen molar-refractivity contribution in [3.8, 4) is 5.75 Å². The Morgan fingerprint density at radius 1 is 1.33 bits per heavy atom. The van der Waals surface area contributed by atoms with Crippen molar-refractivity contribution in [3.63, 3.8) is 0 Å². The lowest BCUT2D eigenvalue weighted by Gasteiger charge is -2.14. The van der Waals surface area contributed by atoms with Gasteiger partial charge in [-0.1, -0.05) is 12.1 Å². The van der Waals surface area contributed by atoms with E-state index in [0.717, 1.165) is 13.0 Å². The normalized spacial score (nSPS) is 12.6. The summed E-state index contributed by atoms with van der Waals surface area (Å²) in [5, 5.41) is 2.61. The number of aliphatic imine (C=N–C) groups is 1. The molecule has 0 amide bonds. The molecule has 0 radical (unpaired) electrons. The van der Waals surface area contributed by atoms with Gasteiger partial charge in [0.25, 0.3) is 0 Å². The van der Waals surface area contributed by atoms with E-state index in [2.05, 4.69) is 15.0 Å². The lowest BCUT2D eigenvalue weighted by Crippen LogP contribution is -2.25. The maximum absolute atomic E-state index is 12.3. The van der Waals surface area contributed by atoms with Crippen LogP contribution in [-0.4, -0.2) is 44.4 Å². The van der Waals surface area contributed by atoms with Crippen LogP contribution in [0.4, 0.5) is 18.9 Å². The number of nitrogens with zero attached hydrogens (tertiary/aromatic N) is 2. The Kier molecular flexibility index (Phi) is 6.29. The first-order valence-electron chi connectivity index (χ1n) is 6.34. The zero-order valence-electron chi connectivity index (χ0n) is 11.9. The molecule has 1 aromatic rings. The Bertz CT molecular complexity index is 475. The minimum Gasteiger partial charge on any atom is -0.404 e. The summed E-state index contributed by atoms with van der Waals surface area (Å²) in [5.74, 6) is -0.302. The summed E-state index contributed by atoms with van der Waals surface area (Å²) < 4.78 is 40.7. The van der Waals surface area contributed by atoms with E-state index >= 15 is 0 Å². The van der Waals surface area contributed by atoms with Gasteiger partial charge in [-0.3, -0.25) is 4.99 Å². The van der Waals surface area contributed by atoms with Crippen LogP contribution in [0.15, 0.2) is 29.3 Å². The molecular weight excluding hydrogens is 285 g/mol. The quantitative estimate of drug-likeness (QED) is 0.481. The minimum absolute atomic E-state index is 0.0481. The van der Waals surface area contributed by atoms with E-state index < -0.39 is 6.36 Å². The molecule has 0 aliphatic carbocycles. The highest BCUT2D eigenvalue weighted by atomic mass is 19.4. The molecule has 0 atom stereocenters. The van der Waals surface area contributed by atoms with Crippen LogP contribution in [0.25, 0.3) is 0 Å². The zero-order chi connectivity index (χ0) is 15.9. The third-order valence-electron chi connectivity index (χ3n) is 2.42. The van der Waals surface area contributed by atoms with Gasteiger partial charge in [0.05, 0.1) is 5.69 Å². The molecule has 0 bridgehead atoms. The van der Waals surface area contributed by atoms with Gasteiger partial charge in [0.15, 0.2) is 11.7 Å². The van der Waals surface area contributed by atoms with Crippen molar-refractivity contribution >= 4 is 11.6 Å². The first kappa shape index (κ1) is 17.1. The third kappa shape index (κ3) is 7.40. The van der Waals surface area contributed by atoms with Crippen LogP contribution in [0.3, 0.4) is 0 Å². The molecule has 118 valence electrons. The number of hydrogen-bond donors (Lipinski definition) is 2. The molecule has 21 heavy (non-hydrogen) atoms. The van der Waals surface area contributed by atoms with Crippen LogP contribution in [0.1, 0.15) is 6.42 Å². The van der Waals surface area contributed by atoms with E-state index in [1.54, 1.807) is 6.07 Å². The first-order chi connectivity index (χ1) is 9.78. The molecule has 8 heteroatoms. The molecule has 1 rings (SSSR count). The van der Waals surface area contributed by atoms with Crippen molar-refractivity contribution in [1.82, 2.24) is 4.90 Å². The highest BCUT2D eigenvalue weighted by molar-refractivity contribution is 5.93. The Morgan fingerprint density at radius 3 is 2.62 bits per heavy atom. The van der Waals surface area contributed by atoms with Gasteiger partial charge in [-0.25, -0.2) is 0 Å². The molecule has 0 fully saturated rings. The summed E-state index contributed by atoms with van der Waals surface area (Å²) >= 11 is 0. The number of rotatable bonds is 6. The van der Waals surface area contributed by atoms with Gasteiger partial charge in [0, 0.05) is 6.54 Å². The summed E-state index contributed by atoms with van der Waals surface area (Å²) in [7, 11) is 3.88. The first-order valence-corrected chi connectivity index (χ1v) is 6.34. The molecule has 0 spiro atoms. The number of ether oxygens (including phenoxy) is 1. The van der Waals surface area contributed by atoms with E-state index in [-0.39, 0.29) is 17.4 Å². The van der Waals surface area contributed by atoms with Gasteiger partial charge in [-0.15, -0.1) is 13.2 Å². The highest BCUT2D eigenvalue weighted by Crippen LogP contribution is 2.29. The van der Waals surface area contributed by atoms with Crippen molar-refractivity contribution in [2.75, 3.05) is 32.5 Å². The van der Waals surface area contributed by atoms with Gasteiger partial charge >= 0.3 is 6.36 Å². The molecule has 0 unspecified atom stereocenters. The fourth-order valence-corrected chi connectivity index (χ4v) is 1.55. The summed E-state index contributed by atoms with van der Waals surface area (Å²) in [6.45, 7) is 1.34. The van der Waals surface area contributed by atoms with Gasteiger partial charge in [-0.05, 0) is 39.2 Å². The second-order valence-electron chi connectivity index (χ2n) is 4.59. The maximum Gasteiger partial charge on any atom is 0.573 e. The molecule has 0 saturated heterocycles. The lowest BCUT2D eigenvalue weighted by atomic mass is 10.3. The average Bonchev–Trinajstić information content (AvgIpc) is 2.35. The molecule has 5 nitrogen and oxygen atoms in total. The van der Waals surface area contributed by atoms with Gasteiger partial charge in [0.2, 0.25) is 0 Å². The van der Waals surface area contributed by atoms with E-state index in [1.165, 1.54) is 18.2 Å². The number of hydrogen-bond acceptors (Lipinski definition) is 3. The Labute approximate surface area is 121 Å². The highest BCUT2D eigenvalue weighted by Gasteiger charge is 2.32. The number of halogens is 3. The average molecular weight is 304 g/mol. The Hall–Kier alpha value is -1.96. The monoisotopic (exact) mass is 304 g/mol. The van der Waals surface area contributed by atoms with Crippen molar-refractivity contribution in [2.24, 2.45) is 10.7 Å². The molecule has 0 heterocycles. The number of benzene rings is 1. The van der Waals surface area contributed by atoms with E-state index in [0.29, 0.717) is 6.54 Å². The standard InChI is InChI=1S/C13H19F3N4O/c1-20(2)9-5-8-18-12(17)19-10-6-3-4-7-11(10)21-13(14,15)16/h3-4,6-7H,5,8-9H2,1-2H3,(H3,17,18,19). The predicted molar refractivity (Wildman–Crippen MR) is 76.4 cm³/mol. The molecule has 0 aromatic heterocycles. The lowest BCUT2D eigenvalue weighted by molar-refractivity contribution is -0.274. The molecule has 0 aliphatic rings. The van der Waals surface area contributed by atoms with Gasteiger partial charge < -0.3 is 20.7 Å². The zero-order valence-corrected chi connectivity index (χ0v) is 11.9. The molecule has 0 aliphatic heterocycles. The topological polar surface area (TPSA) is 62.9 Å². The van der Waals surface area contributed by atoms with Crippen LogP contribution in [0.5, 0.6) is 5.75 Å². The van der Waals surface area contributed by atoms with E-state index in [9.17, 15) is 13.2 Å². The molecule has 1 aromatic carbocycles. The van der Waals surface area contributed by atoms with Crippen molar-refractivity contribution in [1.29, 1.82) is 0 Å². The number of para-hydroxylation sites is 2. The van der Waals surface area contributed by atoms with Crippen molar-refractivity contribution < 1.29 is 17.9 Å². The van der Waals surface area contributed by atoms with Crippen LogP contribution in [-0.2, 0) is 0 Å². The maximum atomic E-state index is 12.3. The third-order valence-corrected chi connectivity index (χ3v) is 2.42. The van der Waals surface area contributed by atoms with Crippen LogP contribution >= 0.6 is 0 Å². The van der Waals surface area contributed by atoms with Crippen LogP contribution < -0.4 is 15.8 Å². The fraction of sp³-hybridized carbons (Fsp3) is 0.462.